The van der Waals surface area contributed by atoms with E-state index in [1.807, 2.05) is 12.3 Å². The second kappa shape index (κ2) is 5.77. The molecule has 0 unspecified atom stereocenters. The fourth-order valence-electron chi connectivity index (χ4n) is 1.86. The van der Waals surface area contributed by atoms with Gasteiger partial charge in [-0.05, 0) is 11.4 Å². The Balaban J connectivity index is 1.55. The van der Waals surface area contributed by atoms with Crippen molar-refractivity contribution in [1.29, 1.82) is 0 Å². The van der Waals surface area contributed by atoms with E-state index in [-0.39, 0.29) is 0 Å². The lowest BCUT2D eigenvalue weighted by molar-refractivity contribution is 0.672. The van der Waals surface area contributed by atoms with Gasteiger partial charge in [0.2, 0.25) is 0 Å². The van der Waals surface area contributed by atoms with Gasteiger partial charge >= 0.3 is 0 Å². The van der Waals surface area contributed by atoms with Crippen LogP contribution in [-0.2, 0) is 13.0 Å². The largest absolute Gasteiger partial charge is 0.312 e. The number of nitrogens with one attached hydrogen (secondary N) is 3. The van der Waals surface area contributed by atoms with Crippen LogP contribution in [0.3, 0.4) is 0 Å². The molecule has 3 aromatic heterocycles. The predicted molar refractivity (Wildman–Crippen MR) is 73.7 cm³/mol. The summed E-state index contributed by atoms with van der Waals surface area (Å²) in [6, 6.07) is 4.14. The summed E-state index contributed by atoms with van der Waals surface area (Å²) < 4.78 is 0. The van der Waals surface area contributed by atoms with E-state index in [0.29, 0.717) is 0 Å². The fraction of sp³-hybridized carbons (Fsp3) is 0.250. The van der Waals surface area contributed by atoms with Crippen LogP contribution in [0.5, 0.6) is 0 Å². The van der Waals surface area contributed by atoms with Crippen molar-refractivity contribution in [3.8, 4) is 10.6 Å². The van der Waals surface area contributed by atoms with Gasteiger partial charge in [-0.25, -0.2) is 4.98 Å². The number of aromatic amines is 2. The molecular weight excluding hydrogens is 260 g/mol. The molecule has 19 heavy (non-hydrogen) atoms. The minimum atomic E-state index is 0.790. The molecule has 0 radical (unpaired) electrons. The maximum absolute atomic E-state index is 4.12. The summed E-state index contributed by atoms with van der Waals surface area (Å²) in [5.41, 5.74) is 2.28. The molecule has 3 N–H and O–H groups in total. The Kier molecular flexibility index (Phi) is 3.66. The summed E-state index contributed by atoms with van der Waals surface area (Å²) in [5, 5.41) is 19.3. The van der Waals surface area contributed by atoms with Crippen LogP contribution < -0.4 is 5.32 Å². The van der Waals surface area contributed by atoms with Gasteiger partial charge in [0.05, 0.1) is 16.8 Å². The summed E-state index contributed by atoms with van der Waals surface area (Å²) in [6.45, 7) is 1.64. The fourth-order valence-corrected chi connectivity index (χ4v) is 2.62. The molecule has 3 aromatic rings. The Morgan fingerprint density at radius 3 is 3.05 bits per heavy atom. The van der Waals surface area contributed by atoms with Gasteiger partial charge in [-0.3, -0.25) is 10.2 Å². The van der Waals surface area contributed by atoms with Gasteiger partial charge in [0.15, 0.2) is 0 Å². The summed E-state index contributed by atoms with van der Waals surface area (Å²) >= 11 is 1.71. The molecule has 3 heterocycles. The first-order valence-electron chi connectivity index (χ1n) is 6.04. The predicted octanol–water partition coefficient (Wildman–Crippen LogP) is 1.59. The quantitative estimate of drug-likeness (QED) is 0.596. The third-order valence-corrected chi connectivity index (χ3v) is 3.69. The molecule has 0 amide bonds. The normalized spacial score (nSPS) is 10.9. The molecule has 0 aliphatic carbocycles. The van der Waals surface area contributed by atoms with Gasteiger partial charge in [0, 0.05) is 25.1 Å². The molecular formula is C12H14N6S. The Bertz CT molecular complexity index is 598. The molecule has 0 fully saturated rings. The van der Waals surface area contributed by atoms with Crippen molar-refractivity contribution in [3.05, 3.63) is 41.4 Å². The summed E-state index contributed by atoms with van der Waals surface area (Å²) in [6.07, 6.45) is 4.24. The van der Waals surface area contributed by atoms with Gasteiger partial charge in [0.1, 0.15) is 12.2 Å². The van der Waals surface area contributed by atoms with Gasteiger partial charge in [-0.2, -0.15) is 10.2 Å². The minimum absolute atomic E-state index is 0.790. The van der Waals surface area contributed by atoms with Gasteiger partial charge < -0.3 is 5.32 Å². The van der Waals surface area contributed by atoms with Crippen LogP contribution in [0.1, 0.15) is 11.4 Å². The number of H-pyrrole nitrogens is 2. The Morgan fingerprint density at radius 1 is 1.26 bits per heavy atom. The van der Waals surface area contributed by atoms with E-state index in [1.54, 1.807) is 11.3 Å². The first-order valence-corrected chi connectivity index (χ1v) is 6.92. The number of rotatable bonds is 6. The van der Waals surface area contributed by atoms with E-state index in [0.717, 1.165) is 31.0 Å². The topological polar surface area (TPSA) is 82.3 Å². The molecule has 0 aromatic carbocycles. The Morgan fingerprint density at radius 2 is 2.26 bits per heavy atom. The average molecular weight is 274 g/mol. The number of thiophene rings is 1. The zero-order valence-electron chi connectivity index (χ0n) is 10.3. The van der Waals surface area contributed by atoms with E-state index in [2.05, 4.69) is 42.1 Å². The molecule has 0 saturated heterocycles. The Labute approximate surface area is 114 Å². The number of nitrogens with zero attached hydrogens (tertiary/aromatic N) is 3. The molecule has 3 rings (SSSR count). The standard InChI is InChI=1S/C12H14N6S/c1-2-10(19-5-1)12-9(7-15-18-12)6-13-4-3-11-14-8-16-17-11/h1-2,5,7-8,13H,3-4,6H2,(H,15,18)(H,14,16,17). The van der Waals surface area contributed by atoms with Crippen LogP contribution in [0, 0.1) is 0 Å². The highest BCUT2D eigenvalue weighted by molar-refractivity contribution is 7.13. The average Bonchev–Trinajstić information content (AvgIpc) is 3.15. The lowest BCUT2D eigenvalue weighted by Crippen LogP contribution is -2.17. The molecule has 6 nitrogen and oxygen atoms in total. The molecule has 0 aliphatic rings. The maximum Gasteiger partial charge on any atom is 0.137 e. The number of hydrogen-bond acceptors (Lipinski definition) is 5. The maximum atomic E-state index is 4.12. The van der Waals surface area contributed by atoms with E-state index in [9.17, 15) is 0 Å². The molecule has 0 aliphatic heterocycles. The van der Waals surface area contributed by atoms with Gasteiger partial charge in [-0.15, -0.1) is 11.3 Å². The highest BCUT2D eigenvalue weighted by Crippen LogP contribution is 2.25. The van der Waals surface area contributed by atoms with E-state index in [1.165, 1.54) is 16.8 Å². The van der Waals surface area contributed by atoms with Crippen molar-refractivity contribution in [2.75, 3.05) is 6.54 Å². The van der Waals surface area contributed by atoms with Crippen molar-refractivity contribution in [1.82, 2.24) is 30.7 Å². The van der Waals surface area contributed by atoms with E-state index in [4.69, 9.17) is 0 Å². The second-order valence-corrected chi connectivity index (χ2v) is 5.05. The van der Waals surface area contributed by atoms with E-state index < -0.39 is 0 Å². The molecule has 7 heteroatoms. The van der Waals surface area contributed by atoms with E-state index >= 15 is 0 Å². The van der Waals surface area contributed by atoms with Crippen molar-refractivity contribution < 1.29 is 0 Å². The lowest BCUT2D eigenvalue weighted by atomic mass is 10.2. The van der Waals surface area contributed by atoms with Crippen LogP contribution in [0.2, 0.25) is 0 Å². The third kappa shape index (κ3) is 2.88. The summed E-state index contributed by atoms with van der Waals surface area (Å²) in [5.74, 6) is 0.901. The van der Waals surface area contributed by atoms with Crippen molar-refractivity contribution in [3.63, 3.8) is 0 Å². The summed E-state index contributed by atoms with van der Waals surface area (Å²) in [4.78, 5) is 5.30. The van der Waals surface area contributed by atoms with Crippen LogP contribution in [0.25, 0.3) is 10.6 Å². The van der Waals surface area contributed by atoms with Crippen LogP contribution in [-0.4, -0.2) is 31.9 Å². The van der Waals surface area contributed by atoms with Gasteiger partial charge in [0.25, 0.3) is 0 Å². The molecule has 0 saturated carbocycles. The SMILES string of the molecule is c1csc(-c2[nH]ncc2CNCCc2ncn[nH]2)c1. The molecule has 0 bridgehead atoms. The van der Waals surface area contributed by atoms with Crippen LogP contribution >= 0.6 is 11.3 Å². The van der Waals surface area contributed by atoms with Crippen molar-refractivity contribution in [2.45, 2.75) is 13.0 Å². The minimum Gasteiger partial charge on any atom is -0.312 e. The zero-order chi connectivity index (χ0) is 12.9. The smallest absolute Gasteiger partial charge is 0.137 e. The lowest BCUT2D eigenvalue weighted by Gasteiger charge is -2.03. The summed E-state index contributed by atoms with van der Waals surface area (Å²) in [7, 11) is 0. The third-order valence-electron chi connectivity index (χ3n) is 2.80. The number of aromatic nitrogens is 5. The monoisotopic (exact) mass is 274 g/mol. The second-order valence-electron chi connectivity index (χ2n) is 4.11. The van der Waals surface area contributed by atoms with Crippen molar-refractivity contribution in [2.24, 2.45) is 0 Å². The molecule has 0 spiro atoms. The highest BCUT2D eigenvalue weighted by Gasteiger charge is 2.07. The first-order chi connectivity index (χ1) is 9.43. The number of hydrogen-bond donors (Lipinski definition) is 3. The first kappa shape index (κ1) is 12.1. The Hall–Kier alpha value is -1.99. The van der Waals surface area contributed by atoms with Crippen molar-refractivity contribution >= 4 is 11.3 Å². The van der Waals surface area contributed by atoms with Gasteiger partial charge in [-0.1, -0.05) is 6.07 Å². The van der Waals surface area contributed by atoms with Crippen LogP contribution in [0.4, 0.5) is 0 Å². The molecule has 0 atom stereocenters. The highest BCUT2D eigenvalue weighted by atomic mass is 32.1. The zero-order valence-corrected chi connectivity index (χ0v) is 11.1. The molecule has 98 valence electrons. The van der Waals surface area contributed by atoms with Crippen LogP contribution in [0.15, 0.2) is 30.0 Å².